The van der Waals surface area contributed by atoms with Gasteiger partial charge >= 0.3 is 0 Å². The maximum atomic E-state index is 5.82. The van der Waals surface area contributed by atoms with Gasteiger partial charge in [-0.05, 0) is 32.0 Å². The molecule has 0 aromatic heterocycles. The molecule has 0 bridgehead atoms. The highest BCUT2D eigenvalue weighted by Gasteiger charge is 2.11. The molecular formula is C14H15BrO2. The van der Waals surface area contributed by atoms with Gasteiger partial charge in [0.05, 0.1) is 18.6 Å². The molecule has 3 heteroatoms. The van der Waals surface area contributed by atoms with Crippen LogP contribution in [0.2, 0.25) is 0 Å². The van der Waals surface area contributed by atoms with Crippen molar-refractivity contribution in [3.05, 3.63) is 34.8 Å². The summed E-state index contributed by atoms with van der Waals surface area (Å²) in [6, 6.07) is 9.94. The first-order valence-electron chi connectivity index (χ1n) is 5.55. The lowest BCUT2D eigenvalue weighted by atomic mass is 10.1. The average molecular weight is 295 g/mol. The van der Waals surface area contributed by atoms with E-state index in [4.69, 9.17) is 9.47 Å². The van der Waals surface area contributed by atoms with Crippen molar-refractivity contribution >= 4 is 26.7 Å². The molecule has 0 heterocycles. The van der Waals surface area contributed by atoms with Gasteiger partial charge < -0.3 is 9.47 Å². The molecule has 0 N–H and O–H groups in total. The Balaban J connectivity index is 2.71. The van der Waals surface area contributed by atoms with Crippen LogP contribution in [0.15, 0.2) is 34.8 Å². The van der Waals surface area contributed by atoms with E-state index < -0.39 is 0 Å². The van der Waals surface area contributed by atoms with Gasteiger partial charge in [0, 0.05) is 9.86 Å². The SMILES string of the molecule is COc1cccc2c(Br)ccc(OC(C)C)c12. The Morgan fingerprint density at radius 2 is 1.82 bits per heavy atom. The van der Waals surface area contributed by atoms with Crippen LogP contribution in [0.5, 0.6) is 11.5 Å². The molecule has 2 nitrogen and oxygen atoms in total. The van der Waals surface area contributed by atoms with Crippen molar-refractivity contribution in [1.82, 2.24) is 0 Å². The van der Waals surface area contributed by atoms with E-state index in [1.165, 1.54) is 0 Å². The van der Waals surface area contributed by atoms with Crippen LogP contribution < -0.4 is 9.47 Å². The quantitative estimate of drug-likeness (QED) is 0.835. The van der Waals surface area contributed by atoms with E-state index in [0.29, 0.717) is 0 Å². The summed E-state index contributed by atoms with van der Waals surface area (Å²) >= 11 is 3.55. The largest absolute Gasteiger partial charge is 0.496 e. The Hall–Kier alpha value is -1.22. The fraction of sp³-hybridized carbons (Fsp3) is 0.286. The number of hydrogen-bond acceptors (Lipinski definition) is 2. The highest BCUT2D eigenvalue weighted by atomic mass is 79.9. The van der Waals surface area contributed by atoms with Crippen LogP contribution in [0.3, 0.4) is 0 Å². The molecule has 0 atom stereocenters. The minimum atomic E-state index is 0.143. The van der Waals surface area contributed by atoms with Gasteiger partial charge in [-0.1, -0.05) is 28.1 Å². The van der Waals surface area contributed by atoms with Crippen molar-refractivity contribution in [3.8, 4) is 11.5 Å². The molecule has 2 aromatic carbocycles. The zero-order valence-corrected chi connectivity index (χ0v) is 11.7. The van der Waals surface area contributed by atoms with E-state index in [9.17, 15) is 0 Å². The molecule has 17 heavy (non-hydrogen) atoms. The zero-order chi connectivity index (χ0) is 12.4. The first-order valence-corrected chi connectivity index (χ1v) is 6.34. The molecule has 0 spiro atoms. The summed E-state index contributed by atoms with van der Waals surface area (Å²) in [5.41, 5.74) is 0. The van der Waals surface area contributed by atoms with Crippen molar-refractivity contribution in [3.63, 3.8) is 0 Å². The molecule has 0 saturated carbocycles. The Labute approximate surface area is 110 Å². The molecule has 0 radical (unpaired) electrons. The Morgan fingerprint density at radius 3 is 2.47 bits per heavy atom. The monoisotopic (exact) mass is 294 g/mol. The molecule has 0 saturated heterocycles. The predicted octanol–water partition coefficient (Wildman–Crippen LogP) is 4.40. The minimum Gasteiger partial charge on any atom is -0.496 e. The number of fused-ring (bicyclic) bond motifs is 1. The predicted molar refractivity (Wildman–Crippen MR) is 74.0 cm³/mol. The van der Waals surface area contributed by atoms with E-state index in [2.05, 4.69) is 22.0 Å². The van der Waals surface area contributed by atoms with Gasteiger partial charge in [0.2, 0.25) is 0 Å². The molecule has 2 aromatic rings. The maximum Gasteiger partial charge on any atom is 0.131 e. The third kappa shape index (κ3) is 2.39. The summed E-state index contributed by atoms with van der Waals surface area (Å²) in [6.45, 7) is 4.03. The molecule has 0 amide bonds. The molecule has 0 aliphatic rings. The normalized spacial score (nSPS) is 10.9. The second-order valence-electron chi connectivity index (χ2n) is 4.09. The molecule has 0 aliphatic carbocycles. The van der Waals surface area contributed by atoms with Crippen LogP contribution in [0, 0.1) is 0 Å². The van der Waals surface area contributed by atoms with E-state index in [1.807, 2.05) is 38.1 Å². The third-order valence-electron chi connectivity index (χ3n) is 2.49. The lowest BCUT2D eigenvalue weighted by Gasteiger charge is -2.15. The summed E-state index contributed by atoms with van der Waals surface area (Å²) < 4.78 is 12.3. The minimum absolute atomic E-state index is 0.143. The van der Waals surface area contributed by atoms with Gasteiger partial charge in [0.15, 0.2) is 0 Å². The second kappa shape index (κ2) is 4.96. The Bertz CT molecular complexity index is 535. The third-order valence-corrected chi connectivity index (χ3v) is 3.19. The standard InChI is InChI=1S/C14H15BrO2/c1-9(2)17-13-8-7-11(15)10-5-4-6-12(16-3)14(10)13/h4-9H,1-3H3. The number of rotatable bonds is 3. The van der Waals surface area contributed by atoms with Crippen molar-refractivity contribution in [1.29, 1.82) is 0 Å². The lowest BCUT2D eigenvalue weighted by Crippen LogP contribution is -2.06. The topological polar surface area (TPSA) is 18.5 Å². The number of hydrogen-bond donors (Lipinski definition) is 0. The Kier molecular flexibility index (Phi) is 3.57. The summed E-state index contributed by atoms with van der Waals surface area (Å²) in [4.78, 5) is 0. The van der Waals surface area contributed by atoms with Gasteiger partial charge in [0.25, 0.3) is 0 Å². The first-order chi connectivity index (χ1) is 8.13. The van der Waals surface area contributed by atoms with E-state index >= 15 is 0 Å². The zero-order valence-electron chi connectivity index (χ0n) is 10.2. The highest BCUT2D eigenvalue weighted by Crippen LogP contribution is 2.38. The maximum absolute atomic E-state index is 5.82. The first kappa shape index (κ1) is 12.2. The fourth-order valence-electron chi connectivity index (χ4n) is 1.83. The molecule has 0 fully saturated rings. The number of benzene rings is 2. The van der Waals surface area contributed by atoms with Crippen molar-refractivity contribution < 1.29 is 9.47 Å². The van der Waals surface area contributed by atoms with Gasteiger partial charge in [-0.3, -0.25) is 0 Å². The van der Waals surface area contributed by atoms with Gasteiger partial charge in [-0.2, -0.15) is 0 Å². The summed E-state index contributed by atoms with van der Waals surface area (Å²) in [6.07, 6.45) is 0.143. The van der Waals surface area contributed by atoms with Crippen LogP contribution in [0.4, 0.5) is 0 Å². The molecule has 90 valence electrons. The van der Waals surface area contributed by atoms with Crippen LogP contribution in [0.1, 0.15) is 13.8 Å². The Morgan fingerprint density at radius 1 is 1.06 bits per heavy atom. The molecule has 2 rings (SSSR count). The van der Waals surface area contributed by atoms with E-state index in [0.717, 1.165) is 26.7 Å². The molecular weight excluding hydrogens is 280 g/mol. The van der Waals surface area contributed by atoms with Crippen LogP contribution >= 0.6 is 15.9 Å². The number of methoxy groups -OCH3 is 1. The van der Waals surface area contributed by atoms with Crippen molar-refractivity contribution in [2.75, 3.05) is 7.11 Å². The fourth-order valence-corrected chi connectivity index (χ4v) is 2.29. The molecule has 0 aliphatic heterocycles. The smallest absolute Gasteiger partial charge is 0.131 e. The highest BCUT2D eigenvalue weighted by molar-refractivity contribution is 9.10. The number of halogens is 1. The summed E-state index contributed by atoms with van der Waals surface area (Å²) in [7, 11) is 1.68. The van der Waals surface area contributed by atoms with Crippen molar-refractivity contribution in [2.24, 2.45) is 0 Å². The van der Waals surface area contributed by atoms with Crippen LogP contribution in [0.25, 0.3) is 10.8 Å². The van der Waals surface area contributed by atoms with Crippen molar-refractivity contribution in [2.45, 2.75) is 20.0 Å². The average Bonchev–Trinajstić information content (AvgIpc) is 2.31. The van der Waals surface area contributed by atoms with Gasteiger partial charge in [0.1, 0.15) is 11.5 Å². The van der Waals surface area contributed by atoms with Crippen LogP contribution in [-0.2, 0) is 0 Å². The van der Waals surface area contributed by atoms with Crippen LogP contribution in [-0.4, -0.2) is 13.2 Å². The summed E-state index contributed by atoms with van der Waals surface area (Å²) in [5, 5.41) is 2.11. The summed E-state index contributed by atoms with van der Waals surface area (Å²) in [5.74, 6) is 1.69. The van der Waals surface area contributed by atoms with Gasteiger partial charge in [-0.25, -0.2) is 0 Å². The van der Waals surface area contributed by atoms with E-state index in [1.54, 1.807) is 7.11 Å². The second-order valence-corrected chi connectivity index (χ2v) is 4.95. The van der Waals surface area contributed by atoms with E-state index in [-0.39, 0.29) is 6.10 Å². The van der Waals surface area contributed by atoms with Gasteiger partial charge in [-0.15, -0.1) is 0 Å². The molecule has 0 unspecified atom stereocenters. The number of ether oxygens (including phenoxy) is 2. The lowest BCUT2D eigenvalue weighted by molar-refractivity contribution is 0.245.